The van der Waals surface area contributed by atoms with E-state index in [0.29, 0.717) is 5.69 Å². The van der Waals surface area contributed by atoms with Crippen molar-refractivity contribution in [3.8, 4) is 33.9 Å². The number of rotatable bonds is 6. The monoisotopic (exact) mass is 482 g/mol. The second kappa shape index (κ2) is 10.6. The second-order valence-corrected chi connectivity index (χ2v) is 8.98. The third kappa shape index (κ3) is 4.82. The predicted octanol–water partition coefficient (Wildman–Crippen LogP) is 5.69. The van der Waals surface area contributed by atoms with Crippen LogP contribution in [0.25, 0.3) is 22.4 Å². The Morgan fingerprint density at radius 1 is 0.889 bits per heavy atom. The molecule has 0 N–H and O–H groups in total. The number of nitrogens with zero attached hydrogens (tertiary/aromatic N) is 4. The number of benzene rings is 3. The van der Waals surface area contributed by atoms with E-state index in [4.69, 9.17) is 9.47 Å². The van der Waals surface area contributed by atoms with Crippen LogP contribution in [0.4, 0.5) is 4.79 Å². The molecule has 0 spiro atoms. The summed E-state index contributed by atoms with van der Waals surface area (Å²) in [4.78, 5) is 15.3. The standard InChI is InChI=1S/C29H30N4O3/c1-35-26-12-8-13-27(36-2)28(26)23-16-14-22(15-17-23)25-20-33(31-30-25)29(34)32-18-7-6-11-24(32)19-21-9-4-3-5-10-21/h3-5,8-10,12-17,20,24H,6-7,11,18-19H2,1-2H3. The van der Waals surface area contributed by atoms with Crippen molar-refractivity contribution in [1.82, 2.24) is 19.9 Å². The summed E-state index contributed by atoms with van der Waals surface area (Å²) in [6, 6.07) is 24.1. The molecule has 7 nitrogen and oxygen atoms in total. The number of amides is 1. The molecule has 4 aromatic rings. The van der Waals surface area contributed by atoms with Crippen LogP contribution in [0.3, 0.4) is 0 Å². The fourth-order valence-corrected chi connectivity index (χ4v) is 4.92. The lowest BCUT2D eigenvalue weighted by atomic mass is 9.96. The third-order valence-electron chi connectivity index (χ3n) is 6.77. The van der Waals surface area contributed by atoms with Gasteiger partial charge in [0.1, 0.15) is 17.2 Å². The van der Waals surface area contributed by atoms with Crippen molar-refractivity contribution in [1.29, 1.82) is 0 Å². The first-order valence-corrected chi connectivity index (χ1v) is 12.3. The molecule has 0 radical (unpaired) electrons. The van der Waals surface area contributed by atoms with Gasteiger partial charge in [-0.2, -0.15) is 4.68 Å². The number of carbonyl (C=O) groups excluding carboxylic acids is 1. The SMILES string of the molecule is COc1cccc(OC)c1-c1ccc(-c2cn(C(=O)N3CCCCC3Cc3ccccc3)nn2)cc1. The van der Waals surface area contributed by atoms with Gasteiger partial charge in [0, 0.05) is 18.2 Å². The number of aromatic nitrogens is 3. The molecule has 7 heteroatoms. The Morgan fingerprint density at radius 3 is 2.28 bits per heavy atom. The Balaban J connectivity index is 1.35. The molecule has 1 atom stereocenters. The zero-order valence-electron chi connectivity index (χ0n) is 20.6. The van der Waals surface area contributed by atoms with Gasteiger partial charge in [-0.1, -0.05) is 65.9 Å². The van der Waals surface area contributed by atoms with Gasteiger partial charge in [-0.05, 0) is 48.9 Å². The maximum absolute atomic E-state index is 13.4. The molecule has 1 aliphatic heterocycles. The molecule has 1 amide bonds. The zero-order chi connectivity index (χ0) is 24.9. The molecule has 0 aliphatic carbocycles. The van der Waals surface area contributed by atoms with Crippen LogP contribution in [0.15, 0.2) is 79.0 Å². The van der Waals surface area contributed by atoms with Crippen molar-refractivity contribution in [3.05, 3.63) is 84.6 Å². The number of hydrogen-bond acceptors (Lipinski definition) is 5. The van der Waals surface area contributed by atoms with Crippen molar-refractivity contribution in [2.75, 3.05) is 20.8 Å². The number of carbonyl (C=O) groups is 1. The van der Waals surface area contributed by atoms with Gasteiger partial charge in [0.15, 0.2) is 0 Å². The van der Waals surface area contributed by atoms with Crippen LogP contribution < -0.4 is 9.47 Å². The summed E-state index contributed by atoms with van der Waals surface area (Å²) < 4.78 is 12.5. The van der Waals surface area contributed by atoms with Crippen LogP contribution in [0.2, 0.25) is 0 Å². The van der Waals surface area contributed by atoms with Gasteiger partial charge >= 0.3 is 6.03 Å². The lowest BCUT2D eigenvalue weighted by Crippen LogP contribution is -2.46. The average molecular weight is 483 g/mol. The van der Waals surface area contributed by atoms with Crippen LogP contribution in [0, 0.1) is 0 Å². The van der Waals surface area contributed by atoms with Gasteiger partial charge in [0.25, 0.3) is 0 Å². The molecule has 1 unspecified atom stereocenters. The summed E-state index contributed by atoms with van der Waals surface area (Å²) in [7, 11) is 3.30. The molecule has 1 fully saturated rings. The van der Waals surface area contributed by atoms with E-state index in [0.717, 1.165) is 60.4 Å². The van der Waals surface area contributed by atoms with E-state index in [2.05, 4.69) is 22.4 Å². The van der Waals surface area contributed by atoms with Crippen LogP contribution in [0.1, 0.15) is 24.8 Å². The molecule has 184 valence electrons. The van der Waals surface area contributed by atoms with E-state index in [1.165, 1.54) is 10.2 Å². The molecular formula is C29H30N4O3. The van der Waals surface area contributed by atoms with Crippen molar-refractivity contribution in [2.24, 2.45) is 0 Å². The third-order valence-corrected chi connectivity index (χ3v) is 6.77. The minimum Gasteiger partial charge on any atom is -0.496 e. The lowest BCUT2D eigenvalue weighted by molar-refractivity contribution is 0.149. The van der Waals surface area contributed by atoms with Crippen molar-refractivity contribution in [2.45, 2.75) is 31.7 Å². The smallest absolute Gasteiger partial charge is 0.346 e. The van der Waals surface area contributed by atoms with E-state index in [1.807, 2.05) is 65.6 Å². The van der Waals surface area contributed by atoms with Crippen molar-refractivity contribution in [3.63, 3.8) is 0 Å². The molecule has 1 aromatic heterocycles. The number of methoxy groups -OCH3 is 2. The Kier molecular flexibility index (Phi) is 6.98. The first kappa shape index (κ1) is 23.6. The normalized spacial score (nSPS) is 15.5. The minimum atomic E-state index is -0.121. The highest BCUT2D eigenvalue weighted by Crippen LogP contribution is 2.38. The van der Waals surface area contributed by atoms with Gasteiger partial charge in [0.2, 0.25) is 0 Å². The van der Waals surface area contributed by atoms with Gasteiger partial charge in [-0.25, -0.2) is 4.79 Å². The van der Waals surface area contributed by atoms with E-state index < -0.39 is 0 Å². The van der Waals surface area contributed by atoms with Crippen molar-refractivity contribution < 1.29 is 14.3 Å². The highest BCUT2D eigenvalue weighted by Gasteiger charge is 2.28. The number of ether oxygens (including phenoxy) is 2. The summed E-state index contributed by atoms with van der Waals surface area (Å²) >= 11 is 0. The maximum atomic E-state index is 13.4. The first-order chi connectivity index (χ1) is 17.7. The summed E-state index contributed by atoms with van der Waals surface area (Å²) in [6.07, 6.45) is 5.70. The molecule has 5 rings (SSSR count). The maximum Gasteiger partial charge on any atom is 0.346 e. The Morgan fingerprint density at radius 2 is 1.58 bits per heavy atom. The van der Waals surface area contributed by atoms with Crippen LogP contribution in [-0.2, 0) is 6.42 Å². The van der Waals surface area contributed by atoms with E-state index >= 15 is 0 Å². The number of piperidine rings is 1. The molecule has 1 aliphatic rings. The Bertz CT molecular complexity index is 1300. The Labute approximate surface area is 211 Å². The quantitative estimate of drug-likeness (QED) is 0.353. The molecule has 0 bridgehead atoms. The van der Waals surface area contributed by atoms with E-state index in [-0.39, 0.29) is 12.1 Å². The minimum absolute atomic E-state index is 0.121. The van der Waals surface area contributed by atoms with Crippen LogP contribution >= 0.6 is 0 Å². The van der Waals surface area contributed by atoms with Gasteiger partial charge in [-0.3, -0.25) is 0 Å². The lowest BCUT2D eigenvalue weighted by Gasteiger charge is -2.35. The fraction of sp³-hybridized carbons (Fsp3) is 0.276. The highest BCUT2D eigenvalue weighted by atomic mass is 16.5. The van der Waals surface area contributed by atoms with Crippen LogP contribution in [0.5, 0.6) is 11.5 Å². The van der Waals surface area contributed by atoms with Crippen molar-refractivity contribution >= 4 is 6.03 Å². The summed E-state index contributed by atoms with van der Waals surface area (Å²) in [5.74, 6) is 1.48. The number of hydrogen-bond donors (Lipinski definition) is 0. The molecule has 1 saturated heterocycles. The van der Waals surface area contributed by atoms with E-state index in [1.54, 1.807) is 20.4 Å². The molecule has 36 heavy (non-hydrogen) atoms. The molecule has 3 aromatic carbocycles. The number of likely N-dealkylation sites (tertiary alicyclic amines) is 1. The van der Waals surface area contributed by atoms with Gasteiger partial charge < -0.3 is 14.4 Å². The molecule has 2 heterocycles. The Hall–Kier alpha value is -4.13. The fourth-order valence-electron chi connectivity index (χ4n) is 4.92. The summed E-state index contributed by atoms with van der Waals surface area (Å²) in [5, 5.41) is 8.48. The predicted molar refractivity (Wildman–Crippen MR) is 139 cm³/mol. The molecule has 0 saturated carbocycles. The van der Waals surface area contributed by atoms with Gasteiger partial charge in [-0.15, -0.1) is 5.10 Å². The topological polar surface area (TPSA) is 69.5 Å². The highest BCUT2D eigenvalue weighted by molar-refractivity contribution is 5.79. The second-order valence-electron chi connectivity index (χ2n) is 8.98. The zero-order valence-corrected chi connectivity index (χ0v) is 20.6. The summed E-state index contributed by atoms with van der Waals surface area (Å²) in [6.45, 7) is 0.737. The molecular weight excluding hydrogens is 452 g/mol. The largest absolute Gasteiger partial charge is 0.496 e. The first-order valence-electron chi connectivity index (χ1n) is 12.3. The average Bonchev–Trinajstić information content (AvgIpc) is 3.43. The van der Waals surface area contributed by atoms with Gasteiger partial charge in [0.05, 0.1) is 26.0 Å². The van der Waals surface area contributed by atoms with E-state index in [9.17, 15) is 4.79 Å². The summed E-state index contributed by atoms with van der Waals surface area (Å²) in [5.41, 5.74) is 4.63. The van der Waals surface area contributed by atoms with Crippen LogP contribution in [-0.4, -0.2) is 52.7 Å².